The topological polar surface area (TPSA) is 43.8 Å². The summed E-state index contributed by atoms with van der Waals surface area (Å²) in [7, 11) is 0. The summed E-state index contributed by atoms with van der Waals surface area (Å²) >= 11 is 0. The van der Waals surface area contributed by atoms with Gasteiger partial charge in [0.25, 0.3) is 0 Å². The molecule has 0 aliphatic rings. The van der Waals surface area contributed by atoms with E-state index >= 15 is 0 Å². The SMILES string of the molecule is C=C/C(=C\CC)Cn1cncc1CCN.CC.CC.CC. The molecule has 1 aromatic heterocycles. The molecule has 0 atom stereocenters. The second kappa shape index (κ2) is 21.0. The third-order valence-electron chi connectivity index (χ3n) is 2.28. The van der Waals surface area contributed by atoms with Crippen LogP contribution in [0.5, 0.6) is 0 Å². The van der Waals surface area contributed by atoms with Gasteiger partial charge in [-0.25, -0.2) is 4.98 Å². The number of hydrogen-bond donors (Lipinski definition) is 1. The Morgan fingerprint density at radius 1 is 1.24 bits per heavy atom. The standard InChI is InChI=1S/C12H19N3.3C2H6/c1-3-5-11(4-2)9-15-10-14-8-12(15)6-7-13;3*1-2/h4-5,8,10H,2-3,6-7,9,13H2,1H3;3*1-2H3/b11-5+;;;. The molecule has 0 radical (unpaired) electrons. The highest BCUT2D eigenvalue weighted by Crippen LogP contribution is 2.07. The maximum atomic E-state index is 5.53. The van der Waals surface area contributed by atoms with Crippen molar-refractivity contribution in [2.75, 3.05) is 6.54 Å². The second-order valence-electron chi connectivity index (χ2n) is 3.44. The molecule has 124 valence electrons. The Balaban J connectivity index is -0.000000478. The number of nitrogens with two attached hydrogens (primary N) is 1. The van der Waals surface area contributed by atoms with Crippen molar-refractivity contribution in [2.45, 2.75) is 67.9 Å². The summed E-state index contributed by atoms with van der Waals surface area (Å²) in [6, 6.07) is 0. The Morgan fingerprint density at radius 3 is 2.24 bits per heavy atom. The Hall–Kier alpha value is -1.35. The molecule has 0 fully saturated rings. The summed E-state index contributed by atoms with van der Waals surface area (Å²) < 4.78 is 2.12. The second-order valence-corrected chi connectivity index (χ2v) is 3.44. The van der Waals surface area contributed by atoms with E-state index < -0.39 is 0 Å². The molecule has 21 heavy (non-hydrogen) atoms. The average molecular weight is 296 g/mol. The first kappa shape index (κ1) is 24.7. The Bertz CT molecular complexity index is 338. The summed E-state index contributed by atoms with van der Waals surface area (Å²) in [6.07, 6.45) is 9.70. The molecule has 1 heterocycles. The van der Waals surface area contributed by atoms with Gasteiger partial charge in [0.15, 0.2) is 0 Å². The molecule has 1 rings (SSSR count). The third kappa shape index (κ3) is 12.1. The number of imidazole rings is 1. The molecular formula is C18H37N3. The van der Waals surface area contributed by atoms with Crippen LogP contribution in [-0.4, -0.2) is 16.1 Å². The predicted octanol–water partition coefficient (Wildman–Crippen LogP) is 4.99. The van der Waals surface area contributed by atoms with Crippen molar-refractivity contribution < 1.29 is 0 Å². The molecule has 0 saturated heterocycles. The van der Waals surface area contributed by atoms with Crippen LogP contribution in [0.25, 0.3) is 0 Å². The molecular weight excluding hydrogens is 258 g/mol. The first-order valence-electron chi connectivity index (χ1n) is 8.32. The van der Waals surface area contributed by atoms with Gasteiger partial charge >= 0.3 is 0 Å². The van der Waals surface area contributed by atoms with E-state index in [0.717, 1.165) is 19.4 Å². The lowest BCUT2D eigenvalue weighted by atomic mass is 10.2. The van der Waals surface area contributed by atoms with E-state index in [4.69, 9.17) is 5.73 Å². The largest absolute Gasteiger partial charge is 0.330 e. The van der Waals surface area contributed by atoms with Crippen molar-refractivity contribution in [3.8, 4) is 0 Å². The normalized spacial score (nSPS) is 9.24. The zero-order valence-electron chi connectivity index (χ0n) is 15.3. The molecule has 0 aliphatic heterocycles. The average Bonchev–Trinajstić information content (AvgIpc) is 3.00. The van der Waals surface area contributed by atoms with Crippen LogP contribution in [0.3, 0.4) is 0 Å². The summed E-state index contributed by atoms with van der Waals surface area (Å²) in [6.45, 7) is 19.4. The van der Waals surface area contributed by atoms with Crippen LogP contribution in [0.4, 0.5) is 0 Å². The molecule has 3 heteroatoms. The summed E-state index contributed by atoms with van der Waals surface area (Å²) in [5.41, 5.74) is 7.95. The molecule has 1 aromatic rings. The van der Waals surface area contributed by atoms with E-state index in [1.54, 1.807) is 0 Å². The van der Waals surface area contributed by atoms with Gasteiger partial charge in [0.2, 0.25) is 0 Å². The monoisotopic (exact) mass is 295 g/mol. The van der Waals surface area contributed by atoms with E-state index in [0.29, 0.717) is 6.54 Å². The van der Waals surface area contributed by atoms with Crippen molar-refractivity contribution >= 4 is 0 Å². The fraction of sp³-hybridized carbons (Fsp3) is 0.611. The highest BCUT2D eigenvalue weighted by Gasteiger charge is 2.01. The lowest BCUT2D eigenvalue weighted by molar-refractivity contribution is 0.730. The van der Waals surface area contributed by atoms with Crippen molar-refractivity contribution in [1.29, 1.82) is 0 Å². The summed E-state index contributed by atoms with van der Waals surface area (Å²) in [4.78, 5) is 4.13. The first-order chi connectivity index (χ1) is 10.3. The van der Waals surface area contributed by atoms with Gasteiger partial charge in [-0.05, 0) is 18.5 Å². The van der Waals surface area contributed by atoms with Gasteiger partial charge in [0, 0.05) is 24.9 Å². The first-order valence-corrected chi connectivity index (χ1v) is 8.32. The maximum absolute atomic E-state index is 5.53. The lowest BCUT2D eigenvalue weighted by Gasteiger charge is -2.07. The summed E-state index contributed by atoms with van der Waals surface area (Å²) in [5, 5.41) is 0. The Morgan fingerprint density at radius 2 is 1.81 bits per heavy atom. The molecule has 0 aliphatic carbocycles. The minimum absolute atomic E-state index is 0.659. The van der Waals surface area contributed by atoms with Gasteiger partial charge in [-0.1, -0.05) is 67.2 Å². The van der Waals surface area contributed by atoms with Crippen LogP contribution < -0.4 is 5.73 Å². The van der Waals surface area contributed by atoms with Gasteiger partial charge < -0.3 is 10.3 Å². The molecule has 0 unspecified atom stereocenters. The number of aromatic nitrogens is 2. The molecule has 0 amide bonds. The van der Waals surface area contributed by atoms with Crippen LogP contribution in [0.1, 0.15) is 60.6 Å². The van der Waals surface area contributed by atoms with Gasteiger partial charge in [0.05, 0.1) is 6.33 Å². The lowest BCUT2D eigenvalue weighted by Crippen LogP contribution is -2.09. The number of nitrogens with zero attached hydrogens (tertiary/aromatic N) is 2. The van der Waals surface area contributed by atoms with E-state index in [1.807, 2.05) is 60.1 Å². The van der Waals surface area contributed by atoms with Crippen molar-refractivity contribution in [3.05, 3.63) is 42.5 Å². The van der Waals surface area contributed by atoms with Crippen LogP contribution in [0.2, 0.25) is 0 Å². The fourth-order valence-corrected chi connectivity index (χ4v) is 1.52. The number of allylic oxidation sites excluding steroid dienone is 3. The van der Waals surface area contributed by atoms with E-state index in [1.165, 1.54) is 11.3 Å². The van der Waals surface area contributed by atoms with Crippen molar-refractivity contribution in [1.82, 2.24) is 9.55 Å². The molecule has 3 nitrogen and oxygen atoms in total. The molecule has 2 N–H and O–H groups in total. The maximum Gasteiger partial charge on any atom is 0.0951 e. The number of rotatable bonds is 6. The van der Waals surface area contributed by atoms with Crippen molar-refractivity contribution in [2.24, 2.45) is 5.73 Å². The predicted molar refractivity (Wildman–Crippen MR) is 97.6 cm³/mol. The van der Waals surface area contributed by atoms with Crippen LogP contribution in [-0.2, 0) is 13.0 Å². The van der Waals surface area contributed by atoms with Crippen molar-refractivity contribution in [3.63, 3.8) is 0 Å². The smallest absolute Gasteiger partial charge is 0.0951 e. The quantitative estimate of drug-likeness (QED) is 0.752. The summed E-state index contributed by atoms with van der Waals surface area (Å²) in [5.74, 6) is 0. The van der Waals surface area contributed by atoms with Crippen LogP contribution >= 0.6 is 0 Å². The number of hydrogen-bond acceptors (Lipinski definition) is 2. The zero-order valence-corrected chi connectivity index (χ0v) is 15.3. The van der Waals surface area contributed by atoms with E-state index in [2.05, 4.69) is 29.1 Å². The van der Waals surface area contributed by atoms with Gasteiger partial charge in [-0.3, -0.25) is 0 Å². The molecule has 0 aromatic carbocycles. The van der Waals surface area contributed by atoms with E-state index in [9.17, 15) is 0 Å². The molecule has 0 spiro atoms. The highest BCUT2D eigenvalue weighted by atomic mass is 15.0. The van der Waals surface area contributed by atoms with Gasteiger partial charge in [-0.15, -0.1) is 0 Å². The molecule has 0 saturated carbocycles. The minimum Gasteiger partial charge on any atom is -0.330 e. The molecule has 0 bridgehead atoms. The Labute approximate surface area is 133 Å². The minimum atomic E-state index is 0.659. The van der Waals surface area contributed by atoms with Gasteiger partial charge in [-0.2, -0.15) is 0 Å². The van der Waals surface area contributed by atoms with Crippen LogP contribution in [0, 0.1) is 0 Å². The van der Waals surface area contributed by atoms with Crippen LogP contribution in [0.15, 0.2) is 36.8 Å². The highest BCUT2D eigenvalue weighted by molar-refractivity contribution is 5.17. The fourth-order valence-electron chi connectivity index (χ4n) is 1.52. The Kier molecular flexibility index (Phi) is 24.6. The van der Waals surface area contributed by atoms with Gasteiger partial charge in [0.1, 0.15) is 0 Å². The van der Waals surface area contributed by atoms with E-state index in [-0.39, 0.29) is 0 Å². The third-order valence-corrected chi connectivity index (χ3v) is 2.28. The zero-order chi connectivity index (χ0) is 17.1.